The molecular weight excluding hydrogens is 475 g/mol. The monoisotopic (exact) mass is 495 g/mol. The number of Topliss-reactive ketones (excluding diaryl/α,β-unsaturated/α-hetero) is 1. The number of carbonyl (C=O) groups excluding carboxylic acids is 2. The van der Waals surface area contributed by atoms with Crippen molar-refractivity contribution in [2.45, 2.75) is 36.6 Å². The molecule has 1 saturated carbocycles. The summed E-state index contributed by atoms with van der Waals surface area (Å²) in [7, 11) is 0. The number of hydrogen-bond acceptors (Lipinski definition) is 7. The van der Waals surface area contributed by atoms with Gasteiger partial charge in [0.2, 0.25) is 0 Å². The molecule has 1 spiro atoms. The third-order valence-corrected chi connectivity index (χ3v) is 7.13. The first kappa shape index (κ1) is 22.7. The molecule has 3 aliphatic rings. The van der Waals surface area contributed by atoms with E-state index in [1.807, 2.05) is 0 Å². The third-order valence-electron chi connectivity index (χ3n) is 7.13. The molecule has 1 saturated heterocycles. The van der Waals surface area contributed by atoms with Crippen LogP contribution >= 0.6 is 0 Å². The largest absolute Gasteiger partial charge is 0.573 e. The molecule has 7 nitrogen and oxygen atoms in total. The Morgan fingerprint density at radius 1 is 1.08 bits per heavy atom. The van der Waals surface area contributed by atoms with Crippen molar-refractivity contribution in [3.63, 3.8) is 0 Å². The molecule has 6 rings (SSSR count). The summed E-state index contributed by atoms with van der Waals surface area (Å²) >= 11 is 0. The number of rotatable bonds is 5. The van der Waals surface area contributed by atoms with Crippen molar-refractivity contribution < 1.29 is 32.2 Å². The molecule has 4 heterocycles. The van der Waals surface area contributed by atoms with Gasteiger partial charge in [0.05, 0.1) is 16.7 Å². The number of alkyl halides is 3. The zero-order valence-electron chi connectivity index (χ0n) is 18.9. The molecule has 1 aromatic carbocycles. The molecule has 0 amide bonds. The Labute approximate surface area is 203 Å². The van der Waals surface area contributed by atoms with Crippen LogP contribution in [0.1, 0.15) is 51.2 Å². The maximum atomic E-state index is 13.7. The lowest BCUT2D eigenvalue weighted by molar-refractivity contribution is -0.274. The molecule has 1 aliphatic carbocycles. The van der Waals surface area contributed by atoms with E-state index in [-0.39, 0.29) is 22.8 Å². The quantitative estimate of drug-likeness (QED) is 0.417. The molecule has 2 fully saturated rings. The van der Waals surface area contributed by atoms with Crippen molar-refractivity contribution in [2.24, 2.45) is 0 Å². The summed E-state index contributed by atoms with van der Waals surface area (Å²) in [5, 5.41) is 3.21. The smallest absolute Gasteiger partial charge is 0.449 e. The SMILES string of the molecule is O=C1OC2(CCNC2)c2ccnc(C(=O)C3(c4ccc(-c5cccc(OC(F)(F)F)c5)nc4)CC3)c21. The van der Waals surface area contributed by atoms with Crippen molar-refractivity contribution in [1.29, 1.82) is 0 Å². The molecule has 3 aromatic rings. The van der Waals surface area contributed by atoms with Gasteiger partial charge in [-0.1, -0.05) is 18.2 Å². The molecule has 184 valence electrons. The molecule has 1 unspecified atom stereocenters. The van der Waals surface area contributed by atoms with Crippen molar-refractivity contribution >= 4 is 11.8 Å². The number of halogens is 3. The van der Waals surface area contributed by atoms with Crippen molar-refractivity contribution in [3.8, 4) is 17.0 Å². The van der Waals surface area contributed by atoms with Gasteiger partial charge in [0.15, 0.2) is 11.4 Å². The normalized spacial score (nSPS) is 21.8. The van der Waals surface area contributed by atoms with Crippen LogP contribution in [-0.4, -0.2) is 41.2 Å². The Bertz CT molecular complexity index is 1380. The topological polar surface area (TPSA) is 90.4 Å². The van der Waals surface area contributed by atoms with Crippen LogP contribution in [0.2, 0.25) is 0 Å². The van der Waals surface area contributed by atoms with Crippen LogP contribution in [0.25, 0.3) is 11.3 Å². The zero-order chi connectivity index (χ0) is 25.1. The summed E-state index contributed by atoms with van der Waals surface area (Å²) in [6.45, 7) is 1.21. The fourth-order valence-electron chi connectivity index (χ4n) is 5.19. The minimum Gasteiger partial charge on any atom is -0.449 e. The molecule has 10 heteroatoms. The highest BCUT2D eigenvalue weighted by molar-refractivity contribution is 6.12. The second kappa shape index (κ2) is 7.86. The van der Waals surface area contributed by atoms with Gasteiger partial charge in [-0.2, -0.15) is 0 Å². The Balaban J connectivity index is 1.30. The van der Waals surface area contributed by atoms with Crippen LogP contribution in [0.4, 0.5) is 13.2 Å². The van der Waals surface area contributed by atoms with Gasteiger partial charge in [0.25, 0.3) is 0 Å². The molecule has 36 heavy (non-hydrogen) atoms. The molecule has 1 atom stereocenters. The van der Waals surface area contributed by atoms with Gasteiger partial charge >= 0.3 is 12.3 Å². The van der Waals surface area contributed by atoms with Gasteiger partial charge in [-0.3, -0.25) is 14.8 Å². The predicted octanol–water partition coefficient (Wildman–Crippen LogP) is 4.32. The first-order chi connectivity index (χ1) is 17.2. The van der Waals surface area contributed by atoms with E-state index in [2.05, 4.69) is 20.0 Å². The molecule has 2 aromatic heterocycles. The molecular formula is C26H20F3N3O4. The van der Waals surface area contributed by atoms with E-state index in [1.165, 1.54) is 18.2 Å². The number of benzene rings is 1. The van der Waals surface area contributed by atoms with Crippen LogP contribution in [0, 0.1) is 0 Å². The van der Waals surface area contributed by atoms with E-state index in [9.17, 15) is 22.8 Å². The lowest BCUT2D eigenvalue weighted by Crippen LogP contribution is -2.29. The van der Waals surface area contributed by atoms with Crippen molar-refractivity contribution in [1.82, 2.24) is 15.3 Å². The number of nitrogens with zero attached hydrogens (tertiary/aromatic N) is 2. The first-order valence-corrected chi connectivity index (χ1v) is 11.5. The third kappa shape index (κ3) is 3.63. The minimum absolute atomic E-state index is 0.111. The fourth-order valence-corrected chi connectivity index (χ4v) is 5.19. The second-order valence-electron chi connectivity index (χ2n) is 9.31. The van der Waals surface area contributed by atoms with Crippen molar-refractivity contribution in [2.75, 3.05) is 13.1 Å². The zero-order valence-corrected chi connectivity index (χ0v) is 18.9. The van der Waals surface area contributed by atoms with Gasteiger partial charge < -0.3 is 14.8 Å². The highest BCUT2D eigenvalue weighted by Crippen LogP contribution is 2.52. The molecule has 0 bridgehead atoms. The minimum atomic E-state index is -4.79. The summed E-state index contributed by atoms with van der Waals surface area (Å²) in [6.07, 6.45) is 0.0996. The van der Waals surface area contributed by atoms with Crippen molar-refractivity contribution in [3.05, 3.63) is 77.2 Å². The first-order valence-electron chi connectivity index (χ1n) is 11.5. The Morgan fingerprint density at radius 3 is 2.58 bits per heavy atom. The van der Waals surface area contributed by atoms with Gasteiger partial charge in [0, 0.05) is 36.5 Å². The van der Waals surface area contributed by atoms with E-state index in [4.69, 9.17) is 4.74 Å². The van der Waals surface area contributed by atoms with Crippen LogP contribution in [0.15, 0.2) is 54.9 Å². The molecule has 2 aliphatic heterocycles. The van der Waals surface area contributed by atoms with Crippen LogP contribution in [0.5, 0.6) is 5.75 Å². The number of hydrogen-bond donors (Lipinski definition) is 1. The highest BCUT2D eigenvalue weighted by atomic mass is 19.4. The van der Waals surface area contributed by atoms with Gasteiger partial charge in [0.1, 0.15) is 11.4 Å². The van der Waals surface area contributed by atoms with E-state index < -0.39 is 23.3 Å². The average Bonchev–Trinajstić information content (AvgIpc) is 3.45. The van der Waals surface area contributed by atoms with E-state index in [0.717, 1.165) is 0 Å². The number of pyridine rings is 2. The van der Waals surface area contributed by atoms with E-state index in [0.29, 0.717) is 54.7 Å². The number of ether oxygens (including phenoxy) is 2. The summed E-state index contributed by atoms with van der Waals surface area (Å²) in [5.41, 5.74) is 0.993. The lowest BCUT2D eigenvalue weighted by atomic mass is 9.85. The maximum absolute atomic E-state index is 13.7. The second-order valence-corrected chi connectivity index (χ2v) is 9.31. The number of esters is 1. The number of fused-ring (bicyclic) bond motifs is 2. The Hall–Kier alpha value is -3.79. The highest BCUT2D eigenvalue weighted by Gasteiger charge is 2.55. The van der Waals surface area contributed by atoms with E-state index >= 15 is 0 Å². The predicted molar refractivity (Wildman–Crippen MR) is 120 cm³/mol. The average molecular weight is 495 g/mol. The van der Waals surface area contributed by atoms with Gasteiger partial charge in [-0.05, 0) is 49.2 Å². The summed E-state index contributed by atoms with van der Waals surface area (Å²) < 4.78 is 47.4. The lowest BCUT2D eigenvalue weighted by Gasteiger charge is -2.21. The van der Waals surface area contributed by atoms with Gasteiger partial charge in [-0.25, -0.2) is 4.79 Å². The van der Waals surface area contributed by atoms with Crippen LogP contribution < -0.4 is 10.1 Å². The number of nitrogens with one attached hydrogen (secondary N) is 1. The van der Waals surface area contributed by atoms with Crippen LogP contribution in [-0.2, 0) is 15.8 Å². The van der Waals surface area contributed by atoms with E-state index in [1.54, 1.807) is 36.7 Å². The number of carbonyl (C=O) groups is 2. The molecule has 0 radical (unpaired) electrons. The summed E-state index contributed by atoms with van der Waals surface area (Å²) in [6, 6.07) is 10.7. The summed E-state index contributed by atoms with van der Waals surface area (Å²) in [5.74, 6) is -1.13. The number of ketones is 1. The summed E-state index contributed by atoms with van der Waals surface area (Å²) in [4.78, 5) is 35.2. The molecule has 1 N–H and O–H groups in total. The van der Waals surface area contributed by atoms with Gasteiger partial charge in [-0.15, -0.1) is 13.2 Å². The Morgan fingerprint density at radius 2 is 1.92 bits per heavy atom. The number of aromatic nitrogens is 2. The standard InChI is InChI=1S/C26H20F3N3O4/c27-26(28,29)35-17-3-1-2-15(12-17)19-5-4-16(13-32-19)24(7-8-24)22(33)21-20-18(6-10-31-21)25(36-23(20)34)9-11-30-14-25/h1-6,10,12-13,30H,7-9,11,14H2. The fraction of sp³-hybridized carbons (Fsp3) is 0.308. The Kier molecular flexibility index (Phi) is 4.95. The maximum Gasteiger partial charge on any atom is 0.573 e. The van der Waals surface area contributed by atoms with Crippen LogP contribution in [0.3, 0.4) is 0 Å².